The van der Waals surface area contributed by atoms with Gasteiger partial charge in [0.15, 0.2) is 0 Å². The zero-order valence-corrected chi connectivity index (χ0v) is 13.3. The van der Waals surface area contributed by atoms with Crippen LogP contribution in [0.5, 0.6) is 0 Å². The van der Waals surface area contributed by atoms with Crippen LogP contribution in [0.25, 0.3) is 0 Å². The summed E-state index contributed by atoms with van der Waals surface area (Å²) in [5.74, 6) is 0. The van der Waals surface area contributed by atoms with Crippen molar-refractivity contribution in [3.63, 3.8) is 0 Å². The lowest BCUT2D eigenvalue weighted by molar-refractivity contribution is 0.0869. The molecule has 1 aliphatic rings. The van der Waals surface area contributed by atoms with Crippen molar-refractivity contribution in [3.8, 4) is 0 Å². The number of benzene rings is 1. The molecule has 0 aliphatic carbocycles. The van der Waals surface area contributed by atoms with Crippen LogP contribution in [0.2, 0.25) is 5.02 Å². The van der Waals surface area contributed by atoms with E-state index in [0.29, 0.717) is 0 Å². The van der Waals surface area contributed by atoms with Crippen LogP contribution < -0.4 is 5.73 Å². The summed E-state index contributed by atoms with van der Waals surface area (Å²) in [4.78, 5) is 5.01. The van der Waals surface area contributed by atoms with E-state index in [0.717, 1.165) is 36.8 Å². The van der Waals surface area contributed by atoms with Crippen LogP contribution in [0.3, 0.4) is 0 Å². The van der Waals surface area contributed by atoms with Crippen LogP contribution in [-0.2, 0) is 0 Å². The predicted octanol–water partition coefficient (Wildman–Crippen LogP) is 2.76. The molecule has 1 heterocycles. The van der Waals surface area contributed by atoms with Gasteiger partial charge in [-0.3, -0.25) is 4.90 Å². The molecule has 1 aromatic rings. The minimum absolute atomic E-state index is 0.0765. The third-order valence-corrected chi connectivity index (χ3v) is 4.41. The first-order chi connectivity index (χ1) is 9.63. The molecule has 3 nitrogen and oxygen atoms in total. The Bertz CT molecular complexity index is 414. The molecule has 1 aromatic carbocycles. The normalized spacial score (nSPS) is 20.8. The lowest BCUT2D eigenvalue weighted by Gasteiger charge is -2.41. The van der Waals surface area contributed by atoms with Crippen molar-refractivity contribution in [1.82, 2.24) is 9.80 Å². The standard InChI is InChI=1S/C16H26ClN3/c1-3-8-19-9-11-20(12-10-19)16(13(2)18)14-6-4-5-7-15(14)17/h4-7,13,16H,3,8-12,18H2,1-2H3. The van der Waals surface area contributed by atoms with Crippen LogP contribution in [0, 0.1) is 0 Å². The Hall–Kier alpha value is -0.610. The fourth-order valence-electron chi connectivity index (χ4n) is 3.11. The first kappa shape index (κ1) is 15.8. The van der Waals surface area contributed by atoms with Gasteiger partial charge in [-0.1, -0.05) is 36.7 Å². The van der Waals surface area contributed by atoms with Gasteiger partial charge in [0, 0.05) is 37.2 Å². The summed E-state index contributed by atoms with van der Waals surface area (Å²) < 4.78 is 0. The molecule has 2 atom stereocenters. The minimum atomic E-state index is 0.0765. The zero-order chi connectivity index (χ0) is 14.5. The summed E-state index contributed by atoms with van der Waals surface area (Å²) in [6, 6.07) is 8.38. The van der Waals surface area contributed by atoms with E-state index in [1.165, 1.54) is 13.0 Å². The van der Waals surface area contributed by atoms with E-state index < -0.39 is 0 Å². The van der Waals surface area contributed by atoms with Gasteiger partial charge in [0.2, 0.25) is 0 Å². The average Bonchev–Trinajstić information content (AvgIpc) is 2.43. The van der Waals surface area contributed by atoms with Crippen LogP contribution in [-0.4, -0.2) is 48.6 Å². The molecule has 0 bridgehead atoms. The monoisotopic (exact) mass is 295 g/mol. The molecule has 0 radical (unpaired) electrons. The smallest absolute Gasteiger partial charge is 0.0512 e. The largest absolute Gasteiger partial charge is 0.326 e. The fourth-order valence-corrected chi connectivity index (χ4v) is 3.36. The number of halogens is 1. The Kier molecular flexibility index (Phi) is 5.85. The second kappa shape index (κ2) is 7.41. The molecule has 0 amide bonds. The molecule has 4 heteroatoms. The molecular weight excluding hydrogens is 270 g/mol. The summed E-state index contributed by atoms with van der Waals surface area (Å²) in [6.07, 6.45) is 1.22. The first-order valence-corrected chi connectivity index (χ1v) is 7.97. The van der Waals surface area contributed by atoms with Gasteiger partial charge in [0.1, 0.15) is 0 Å². The number of piperazine rings is 1. The fraction of sp³-hybridized carbons (Fsp3) is 0.625. The van der Waals surface area contributed by atoms with Crippen molar-refractivity contribution >= 4 is 11.6 Å². The van der Waals surface area contributed by atoms with Gasteiger partial charge in [0.25, 0.3) is 0 Å². The van der Waals surface area contributed by atoms with Gasteiger partial charge in [0.05, 0.1) is 6.04 Å². The number of rotatable bonds is 5. The molecular formula is C16H26ClN3. The number of hydrogen-bond acceptors (Lipinski definition) is 3. The minimum Gasteiger partial charge on any atom is -0.326 e. The third-order valence-electron chi connectivity index (χ3n) is 4.06. The van der Waals surface area contributed by atoms with E-state index >= 15 is 0 Å². The molecule has 0 saturated carbocycles. The molecule has 1 fully saturated rings. The summed E-state index contributed by atoms with van der Waals surface area (Å²) in [5.41, 5.74) is 7.41. The molecule has 20 heavy (non-hydrogen) atoms. The topological polar surface area (TPSA) is 32.5 Å². The van der Waals surface area contributed by atoms with Crippen LogP contribution in [0.1, 0.15) is 31.9 Å². The molecule has 2 unspecified atom stereocenters. The van der Waals surface area contributed by atoms with Crippen molar-refractivity contribution in [2.45, 2.75) is 32.4 Å². The highest BCUT2D eigenvalue weighted by Crippen LogP contribution is 2.30. The van der Waals surface area contributed by atoms with Crippen LogP contribution in [0.15, 0.2) is 24.3 Å². The van der Waals surface area contributed by atoms with Crippen molar-refractivity contribution in [2.24, 2.45) is 5.73 Å². The van der Waals surface area contributed by atoms with Crippen molar-refractivity contribution < 1.29 is 0 Å². The van der Waals surface area contributed by atoms with E-state index in [1.54, 1.807) is 0 Å². The van der Waals surface area contributed by atoms with Crippen LogP contribution >= 0.6 is 11.6 Å². The highest BCUT2D eigenvalue weighted by Gasteiger charge is 2.28. The third kappa shape index (κ3) is 3.73. The summed E-state index contributed by atoms with van der Waals surface area (Å²) in [7, 11) is 0. The lowest BCUT2D eigenvalue weighted by atomic mass is 9.98. The van der Waals surface area contributed by atoms with Crippen molar-refractivity contribution in [1.29, 1.82) is 0 Å². The molecule has 112 valence electrons. The van der Waals surface area contributed by atoms with Gasteiger partial charge in [-0.05, 0) is 31.5 Å². The summed E-state index contributed by atoms with van der Waals surface area (Å²) >= 11 is 6.37. The Morgan fingerprint density at radius 2 is 1.85 bits per heavy atom. The highest BCUT2D eigenvalue weighted by molar-refractivity contribution is 6.31. The van der Waals surface area contributed by atoms with Gasteiger partial charge >= 0.3 is 0 Å². The van der Waals surface area contributed by atoms with Crippen molar-refractivity contribution in [2.75, 3.05) is 32.7 Å². The Morgan fingerprint density at radius 3 is 2.40 bits per heavy atom. The van der Waals surface area contributed by atoms with Crippen molar-refractivity contribution in [3.05, 3.63) is 34.9 Å². The van der Waals surface area contributed by atoms with E-state index in [1.807, 2.05) is 18.2 Å². The second-order valence-electron chi connectivity index (χ2n) is 5.70. The van der Waals surface area contributed by atoms with Crippen LogP contribution in [0.4, 0.5) is 0 Å². The van der Waals surface area contributed by atoms with Gasteiger partial charge in [-0.15, -0.1) is 0 Å². The maximum atomic E-state index is 6.37. The second-order valence-corrected chi connectivity index (χ2v) is 6.11. The Balaban J connectivity index is 2.09. The van der Waals surface area contributed by atoms with E-state index in [9.17, 15) is 0 Å². The maximum Gasteiger partial charge on any atom is 0.0512 e. The van der Waals surface area contributed by atoms with Gasteiger partial charge < -0.3 is 10.6 Å². The van der Waals surface area contributed by atoms with E-state index in [2.05, 4.69) is 29.7 Å². The van der Waals surface area contributed by atoms with Gasteiger partial charge in [-0.25, -0.2) is 0 Å². The average molecular weight is 296 g/mol. The lowest BCUT2D eigenvalue weighted by Crippen LogP contribution is -2.51. The van der Waals surface area contributed by atoms with E-state index in [4.69, 9.17) is 17.3 Å². The number of nitrogens with two attached hydrogens (primary N) is 1. The SMILES string of the molecule is CCCN1CCN(C(c2ccccc2Cl)C(C)N)CC1. The Morgan fingerprint density at radius 1 is 1.20 bits per heavy atom. The molecule has 2 N–H and O–H groups in total. The summed E-state index contributed by atoms with van der Waals surface area (Å²) in [6.45, 7) is 9.90. The molecule has 0 aromatic heterocycles. The molecule has 1 saturated heterocycles. The summed E-state index contributed by atoms with van der Waals surface area (Å²) in [5, 5.41) is 0.825. The quantitative estimate of drug-likeness (QED) is 0.906. The molecule has 1 aliphatic heterocycles. The predicted molar refractivity (Wildman–Crippen MR) is 86.1 cm³/mol. The number of nitrogens with zero attached hydrogens (tertiary/aromatic N) is 2. The Labute approximate surface area is 127 Å². The highest BCUT2D eigenvalue weighted by atomic mass is 35.5. The molecule has 2 rings (SSSR count). The zero-order valence-electron chi connectivity index (χ0n) is 12.6. The van der Waals surface area contributed by atoms with E-state index in [-0.39, 0.29) is 12.1 Å². The number of hydrogen-bond donors (Lipinski definition) is 1. The van der Waals surface area contributed by atoms with Gasteiger partial charge in [-0.2, -0.15) is 0 Å². The first-order valence-electron chi connectivity index (χ1n) is 7.60. The maximum absolute atomic E-state index is 6.37. The molecule has 0 spiro atoms.